The smallest absolute Gasteiger partial charge is 0.330 e. The van der Waals surface area contributed by atoms with Crippen LogP contribution in [0.1, 0.15) is 29.9 Å². The van der Waals surface area contributed by atoms with E-state index in [1.165, 1.54) is 26.2 Å². The minimum Gasteiger partial charge on any atom is -0.394 e. The lowest BCUT2D eigenvalue weighted by Gasteiger charge is -2.15. The second-order valence-electron chi connectivity index (χ2n) is 7.15. The number of aliphatic hydroxyl groups is 1. The molecule has 0 unspecified atom stereocenters. The van der Waals surface area contributed by atoms with E-state index in [1.807, 2.05) is 0 Å². The summed E-state index contributed by atoms with van der Waals surface area (Å²) in [5, 5.41) is 17.7. The Bertz CT molecular complexity index is 1350. The Morgan fingerprint density at radius 2 is 1.90 bits per heavy atom. The second kappa shape index (κ2) is 8.09. The number of hydrogen-bond donors (Lipinski definition) is 3. The van der Waals surface area contributed by atoms with Crippen molar-refractivity contribution in [3.05, 3.63) is 76.5 Å². The van der Waals surface area contributed by atoms with Crippen LogP contribution in [0.2, 0.25) is 5.02 Å². The van der Waals surface area contributed by atoms with Gasteiger partial charge < -0.3 is 9.84 Å². The summed E-state index contributed by atoms with van der Waals surface area (Å²) in [4.78, 5) is 51.4. The van der Waals surface area contributed by atoms with Crippen molar-refractivity contribution >= 4 is 11.6 Å². The van der Waals surface area contributed by atoms with E-state index in [1.54, 1.807) is 13.1 Å². The summed E-state index contributed by atoms with van der Waals surface area (Å²) < 4.78 is 9.73. The van der Waals surface area contributed by atoms with Crippen LogP contribution in [0.25, 0.3) is 0 Å². The first-order valence-electron chi connectivity index (χ1n) is 9.25. The first kappa shape index (κ1) is 21.0. The molecular weight excluding hydrogens is 434 g/mol. The number of nitrogens with one attached hydrogen (secondary N) is 2. The lowest BCUT2D eigenvalue weighted by Crippen LogP contribution is -2.33. The molecule has 1 saturated heterocycles. The maximum atomic E-state index is 12.2. The van der Waals surface area contributed by atoms with E-state index in [9.17, 15) is 24.3 Å². The molecule has 0 spiro atoms. The van der Waals surface area contributed by atoms with Gasteiger partial charge in [-0.1, -0.05) is 16.8 Å². The Morgan fingerprint density at radius 3 is 2.65 bits per heavy atom. The van der Waals surface area contributed by atoms with Gasteiger partial charge in [0.1, 0.15) is 23.0 Å². The summed E-state index contributed by atoms with van der Waals surface area (Å²) in [5.41, 5.74) is -1.67. The quantitative estimate of drug-likeness (QED) is 0.421. The van der Waals surface area contributed by atoms with E-state index < -0.39 is 40.9 Å². The van der Waals surface area contributed by atoms with Crippen molar-refractivity contribution in [3.8, 4) is 0 Å². The van der Waals surface area contributed by atoms with Crippen molar-refractivity contribution in [2.45, 2.75) is 38.3 Å². The van der Waals surface area contributed by atoms with Gasteiger partial charge in [-0.05, 0) is 6.92 Å². The fourth-order valence-electron chi connectivity index (χ4n) is 3.45. The summed E-state index contributed by atoms with van der Waals surface area (Å²) in [6.07, 6.45) is 3.07. The summed E-state index contributed by atoms with van der Waals surface area (Å²) in [6, 6.07) is -0.453. The van der Waals surface area contributed by atoms with Gasteiger partial charge in [-0.15, -0.1) is 5.10 Å². The van der Waals surface area contributed by atoms with E-state index in [0.29, 0.717) is 11.3 Å². The Labute approximate surface area is 177 Å². The number of aliphatic hydroxyl groups excluding tert-OH is 1. The molecule has 1 aliphatic rings. The highest BCUT2D eigenvalue weighted by Crippen LogP contribution is 2.35. The Kier molecular flexibility index (Phi) is 5.47. The summed E-state index contributed by atoms with van der Waals surface area (Å²) in [6.45, 7) is 1.25. The average molecular weight is 452 g/mol. The zero-order chi connectivity index (χ0) is 22.3. The third kappa shape index (κ3) is 4.02. The average Bonchev–Trinajstić information content (AvgIpc) is 3.35. The monoisotopic (exact) mass is 451 g/mol. The fourth-order valence-corrected chi connectivity index (χ4v) is 3.62. The lowest BCUT2D eigenvalue weighted by molar-refractivity contribution is -0.0323. The van der Waals surface area contributed by atoms with Gasteiger partial charge in [-0.3, -0.25) is 28.7 Å². The number of ether oxygens (including phenoxy) is 1. The molecule has 0 aromatic carbocycles. The van der Waals surface area contributed by atoms with Crippen LogP contribution in [0.5, 0.6) is 0 Å². The van der Waals surface area contributed by atoms with Gasteiger partial charge in [0.2, 0.25) is 0 Å². The summed E-state index contributed by atoms with van der Waals surface area (Å²) in [5.74, 6) is 0. The van der Waals surface area contributed by atoms with Crippen molar-refractivity contribution in [1.29, 1.82) is 0 Å². The zero-order valence-corrected chi connectivity index (χ0v) is 16.9. The van der Waals surface area contributed by atoms with Crippen molar-refractivity contribution in [3.63, 3.8) is 0 Å². The molecule has 3 N–H and O–H groups in total. The molecule has 13 nitrogen and oxygen atoms in total. The van der Waals surface area contributed by atoms with Crippen molar-refractivity contribution < 1.29 is 9.84 Å². The van der Waals surface area contributed by atoms with Gasteiger partial charge in [0.05, 0.1) is 25.4 Å². The first-order valence-corrected chi connectivity index (χ1v) is 9.63. The molecule has 0 amide bonds. The van der Waals surface area contributed by atoms with Gasteiger partial charge >= 0.3 is 11.4 Å². The highest BCUT2D eigenvalue weighted by molar-refractivity contribution is 6.30. The van der Waals surface area contributed by atoms with Crippen LogP contribution in [0.4, 0.5) is 0 Å². The number of hydrogen-bond acceptors (Lipinski definition) is 8. The van der Waals surface area contributed by atoms with Gasteiger partial charge in [0, 0.05) is 24.4 Å². The fraction of sp³-hybridized carbons (Fsp3) is 0.412. The molecule has 14 heteroatoms. The minimum atomic E-state index is -0.724. The molecule has 3 aromatic heterocycles. The summed E-state index contributed by atoms with van der Waals surface area (Å²) >= 11 is 5.77. The van der Waals surface area contributed by atoms with Crippen LogP contribution in [-0.4, -0.2) is 51.9 Å². The van der Waals surface area contributed by atoms with Crippen LogP contribution in [0.3, 0.4) is 0 Å². The molecule has 3 atom stereocenters. The lowest BCUT2D eigenvalue weighted by atomic mass is 10.1. The molecule has 3 aromatic rings. The Morgan fingerprint density at radius 1 is 1.16 bits per heavy atom. The van der Waals surface area contributed by atoms with Crippen molar-refractivity contribution in [2.24, 2.45) is 0 Å². The van der Waals surface area contributed by atoms with Crippen molar-refractivity contribution in [2.75, 3.05) is 6.61 Å². The van der Waals surface area contributed by atoms with Crippen LogP contribution < -0.4 is 22.5 Å². The van der Waals surface area contributed by atoms with Crippen molar-refractivity contribution in [1.82, 2.24) is 34.1 Å². The standard InChI is InChI=1S/C17H18ClN7O6/c1-8-3-24(17(30)19-14(8)27)13-2-11(12(7-26)31-13)25-5-9(21-22-25)4-23-6-10(18)15(28)20-16(23)29/h3,5-6,11-13,26H,2,4,7H2,1H3,(H,19,27,30)(H,20,28,29)/t11-,12+,13+/m0/s1. The highest BCUT2D eigenvalue weighted by atomic mass is 35.5. The van der Waals surface area contributed by atoms with Crippen LogP contribution >= 0.6 is 11.6 Å². The molecule has 4 heterocycles. The Hall–Kier alpha value is -3.29. The molecule has 0 aliphatic carbocycles. The number of H-pyrrole nitrogens is 2. The van der Waals surface area contributed by atoms with Crippen LogP contribution in [-0.2, 0) is 11.3 Å². The number of rotatable bonds is 5. The number of nitrogens with zero attached hydrogens (tertiary/aromatic N) is 5. The van der Waals surface area contributed by atoms with E-state index in [2.05, 4.69) is 20.3 Å². The molecule has 1 aliphatic heterocycles. The molecule has 164 valence electrons. The van der Waals surface area contributed by atoms with Gasteiger partial charge in [-0.2, -0.15) is 0 Å². The molecule has 0 bridgehead atoms. The zero-order valence-electron chi connectivity index (χ0n) is 16.2. The second-order valence-corrected chi connectivity index (χ2v) is 7.55. The predicted molar refractivity (Wildman–Crippen MR) is 106 cm³/mol. The maximum Gasteiger partial charge on any atom is 0.330 e. The topological polar surface area (TPSA) is 170 Å². The number of aromatic amines is 2. The number of halogens is 1. The molecule has 0 radical (unpaired) electrons. The van der Waals surface area contributed by atoms with Crippen LogP contribution in [0, 0.1) is 6.92 Å². The largest absolute Gasteiger partial charge is 0.394 e. The van der Waals surface area contributed by atoms with E-state index in [4.69, 9.17) is 16.3 Å². The SMILES string of the molecule is Cc1cn([C@H]2C[C@H](n3cc(Cn4cc(Cl)c(=O)[nH]c4=O)nn3)[C@@H](CO)O2)c(=O)[nH]c1=O. The predicted octanol–water partition coefficient (Wildman–Crippen LogP) is -1.49. The summed E-state index contributed by atoms with van der Waals surface area (Å²) in [7, 11) is 0. The normalized spacial score (nSPS) is 20.9. The van der Waals surface area contributed by atoms with Gasteiger partial charge in [-0.25, -0.2) is 14.3 Å². The van der Waals surface area contributed by atoms with Gasteiger partial charge in [0.25, 0.3) is 11.1 Å². The molecule has 31 heavy (non-hydrogen) atoms. The number of aryl methyl sites for hydroxylation is 1. The number of aromatic nitrogens is 7. The maximum absolute atomic E-state index is 12.2. The first-order chi connectivity index (χ1) is 14.8. The third-order valence-corrected chi connectivity index (χ3v) is 5.31. The molecular formula is C17H18ClN7O6. The van der Waals surface area contributed by atoms with E-state index >= 15 is 0 Å². The highest BCUT2D eigenvalue weighted by Gasteiger charge is 2.38. The van der Waals surface area contributed by atoms with E-state index in [0.717, 1.165) is 0 Å². The molecule has 0 saturated carbocycles. The van der Waals surface area contributed by atoms with E-state index in [-0.39, 0.29) is 24.6 Å². The van der Waals surface area contributed by atoms with Gasteiger partial charge in [0.15, 0.2) is 0 Å². The molecule has 1 fully saturated rings. The molecule has 4 rings (SSSR count). The third-order valence-electron chi connectivity index (χ3n) is 5.04. The minimum absolute atomic E-state index is 0.00864. The van der Waals surface area contributed by atoms with Crippen LogP contribution in [0.15, 0.2) is 37.8 Å². The Balaban J connectivity index is 1.58.